The van der Waals surface area contributed by atoms with E-state index in [9.17, 15) is 13.2 Å². The molecule has 0 unspecified atom stereocenters. The fraction of sp³-hybridized carbons (Fsp3) is 0.440. The Balaban J connectivity index is 1.26. The standard InChI is InChI=1S/C25H30F3N5O/c1-33(2)23-21-8-3-4-9-22(21)31-24(32-23)30-19-12-10-17(11-13-19)15-29-16-18-6-5-7-20(14-18)34-25(26,27)28/h3-9,14,17,19,29H,10-13,15-16H2,1-2H3,(H,30,31,32). The molecule has 0 atom stereocenters. The molecule has 1 fully saturated rings. The molecule has 1 aliphatic rings. The molecule has 34 heavy (non-hydrogen) atoms. The normalized spacial score (nSPS) is 18.6. The minimum Gasteiger partial charge on any atom is -0.406 e. The van der Waals surface area contributed by atoms with Crippen molar-refractivity contribution in [2.45, 2.75) is 44.6 Å². The molecule has 0 radical (unpaired) electrons. The fourth-order valence-corrected chi connectivity index (χ4v) is 4.43. The summed E-state index contributed by atoms with van der Waals surface area (Å²) in [5, 5.41) is 7.93. The van der Waals surface area contributed by atoms with Crippen LogP contribution < -0.4 is 20.3 Å². The van der Waals surface area contributed by atoms with Gasteiger partial charge in [-0.15, -0.1) is 13.2 Å². The molecule has 9 heteroatoms. The molecule has 1 saturated carbocycles. The van der Waals surface area contributed by atoms with Crippen LogP contribution in [0.2, 0.25) is 0 Å². The molecule has 6 nitrogen and oxygen atoms in total. The summed E-state index contributed by atoms with van der Waals surface area (Å²) < 4.78 is 41.2. The van der Waals surface area contributed by atoms with Crippen molar-refractivity contribution in [3.63, 3.8) is 0 Å². The molecule has 0 bridgehead atoms. The van der Waals surface area contributed by atoms with Gasteiger partial charge in [0, 0.05) is 32.1 Å². The lowest BCUT2D eigenvalue weighted by Gasteiger charge is -2.29. The van der Waals surface area contributed by atoms with E-state index in [2.05, 4.69) is 15.4 Å². The highest BCUT2D eigenvalue weighted by molar-refractivity contribution is 5.90. The predicted octanol–water partition coefficient (Wildman–Crippen LogP) is 5.35. The van der Waals surface area contributed by atoms with E-state index in [1.54, 1.807) is 12.1 Å². The van der Waals surface area contributed by atoms with Crippen LogP contribution in [0.5, 0.6) is 5.75 Å². The molecule has 0 amide bonds. The molecular formula is C25H30F3N5O. The van der Waals surface area contributed by atoms with Crippen molar-refractivity contribution in [2.24, 2.45) is 5.92 Å². The molecule has 2 N–H and O–H groups in total. The number of anilines is 2. The van der Waals surface area contributed by atoms with Crippen LogP contribution in [-0.4, -0.2) is 43.0 Å². The Kier molecular flexibility index (Phi) is 7.41. The molecule has 0 aliphatic heterocycles. The van der Waals surface area contributed by atoms with E-state index < -0.39 is 6.36 Å². The van der Waals surface area contributed by atoms with E-state index in [0.29, 0.717) is 24.5 Å². The molecule has 1 aliphatic carbocycles. The number of halogens is 3. The van der Waals surface area contributed by atoms with Crippen molar-refractivity contribution in [1.82, 2.24) is 15.3 Å². The number of hydrogen-bond acceptors (Lipinski definition) is 6. The first-order valence-electron chi connectivity index (χ1n) is 11.5. The lowest BCUT2D eigenvalue weighted by molar-refractivity contribution is -0.274. The monoisotopic (exact) mass is 473 g/mol. The summed E-state index contributed by atoms with van der Waals surface area (Å²) in [5.41, 5.74) is 1.69. The molecule has 4 rings (SSSR count). The summed E-state index contributed by atoms with van der Waals surface area (Å²) >= 11 is 0. The Labute approximate surface area is 197 Å². The zero-order chi connectivity index (χ0) is 24.1. The Morgan fingerprint density at radius 2 is 1.76 bits per heavy atom. The van der Waals surface area contributed by atoms with E-state index in [4.69, 9.17) is 9.97 Å². The number of alkyl halides is 3. The Morgan fingerprint density at radius 3 is 2.50 bits per heavy atom. The van der Waals surface area contributed by atoms with Gasteiger partial charge in [0.1, 0.15) is 11.6 Å². The first-order valence-corrected chi connectivity index (χ1v) is 11.5. The number of nitrogens with one attached hydrogen (secondary N) is 2. The second-order valence-electron chi connectivity index (χ2n) is 8.97. The van der Waals surface area contributed by atoms with Crippen molar-refractivity contribution in [3.05, 3.63) is 54.1 Å². The summed E-state index contributed by atoms with van der Waals surface area (Å²) in [6.45, 7) is 1.33. The summed E-state index contributed by atoms with van der Waals surface area (Å²) in [6, 6.07) is 14.4. The van der Waals surface area contributed by atoms with Crippen LogP contribution in [0.25, 0.3) is 10.9 Å². The van der Waals surface area contributed by atoms with Gasteiger partial charge in [0.25, 0.3) is 0 Å². The van der Waals surface area contributed by atoms with Crippen LogP contribution >= 0.6 is 0 Å². The Bertz CT molecular complexity index is 1100. The smallest absolute Gasteiger partial charge is 0.406 e. The third kappa shape index (κ3) is 6.50. The lowest BCUT2D eigenvalue weighted by Crippen LogP contribution is -2.31. The number of rotatable bonds is 8. The fourth-order valence-electron chi connectivity index (χ4n) is 4.43. The number of nitrogens with zero attached hydrogens (tertiary/aromatic N) is 3. The van der Waals surface area contributed by atoms with Crippen LogP contribution in [-0.2, 0) is 6.54 Å². The first-order chi connectivity index (χ1) is 16.3. The lowest BCUT2D eigenvalue weighted by atomic mass is 9.86. The largest absolute Gasteiger partial charge is 0.573 e. The van der Waals surface area contributed by atoms with Gasteiger partial charge < -0.3 is 20.3 Å². The van der Waals surface area contributed by atoms with Gasteiger partial charge in [0.2, 0.25) is 5.95 Å². The zero-order valence-corrected chi connectivity index (χ0v) is 19.4. The van der Waals surface area contributed by atoms with Crippen LogP contribution in [0, 0.1) is 5.92 Å². The molecular weight excluding hydrogens is 443 g/mol. The molecule has 1 heterocycles. The first kappa shape index (κ1) is 24.1. The highest BCUT2D eigenvalue weighted by Gasteiger charge is 2.31. The third-order valence-corrected chi connectivity index (χ3v) is 6.08. The van der Waals surface area contributed by atoms with E-state index >= 15 is 0 Å². The minimum absolute atomic E-state index is 0.188. The average molecular weight is 474 g/mol. The molecule has 2 aromatic carbocycles. The van der Waals surface area contributed by atoms with Crippen molar-refractivity contribution in [2.75, 3.05) is 30.9 Å². The Hall–Kier alpha value is -3.07. The number of fused-ring (bicyclic) bond motifs is 1. The van der Waals surface area contributed by atoms with Gasteiger partial charge in [-0.2, -0.15) is 4.98 Å². The maximum Gasteiger partial charge on any atom is 0.573 e. The second kappa shape index (κ2) is 10.5. The van der Waals surface area contributed by atoms with Gasteiger partial charge in [-0.05, 0) is 68.0 Å². The molecule has 182 valence electrons. The van der Waals surface area contributed by atoms with Gasteiger partial charge in [-0.3, -0.25) is 0 Å². The Morgan fingerprint density at radius 1 is 1.00 bits per heavy atom. The van der Waals surface area contributed by atoms with Gasteiger partial charge in [-0.1, -0.05) is 24.3 Å². The van der Waals surface area contributed by atoms with E-state index in [0.717, 1.165) is 54.5 Å². The number of benzene rings is 2. The van der Waals surface area contributed by atoms with Crippen molar-refractivity contribution in [1.29, 1.82) is 0 Å². The third-order valence-electron chi connectivity index (χ3n) is 6.08. The minimum atomic E-state index is -4.68. The number of aromatic nitrogens is 2. The summed E-state index contributed by atoms with van der Waals surface area (Å²) in [6.07, 6.45) is -0.500. The topological polar surface area (TPSA) is 62.3 Å². The van der Waals surface area contributed by atoms with Crippen molar-refractivity contribution < 1.29 is 17.9 Å². The van der Waals surface area contributed by atoms with Gasteiger partial charge in [-0.25, -0.2) is 4.98 Å². The highest BCUT2D eigenvalue weighted by atomic mass is 19.4. The maximum absolute atomic E-state index is 12.4. The second-order valence-corrected chi connectivity index (χ2v) is 8.97. The van der Waals surface area contributed by atoms with Crippen molar-refractivity contribution >= 4 is 22.7 Å². The molecule has 0 saturated heterocycles. The quantitative estimate of drug-likeness (QED) is 0.460. The van der Waals surface area contributed by atoms with Crippen LogP contribution in [0.1, 0.15) is 31.2 Å². The van der Waals surface area contributed by atoms with Crippen molar-refractivity contribution in [3.8, 4) is 5.75 Å². The number of para-hydroxylation sites is 1. The van der Waals surface area contributed by atoms with Crippen LogP contribution in [0.15, 0.2) is 48.5 Å². The zero-order valence-electron chi connectivity index (χ0n) is 19.4. The van der Waals surface area contributed by atoms with Gasteiger partial charge in [0.05, 0.1) is 5.52 Å². The van der Waals surface area contributed by atoms with Crippen LogP contribution in [0.4, 0.5) is 24.9 Å². The SMILES string of the molecule is CN(C)c1nc(NC2CCC(CNCc3cccc(OC(F)(F)F)c3)CC2)nc2ccccc12. The predicted molar refractivity (Wildman–Crippen MR) is 128 cm³/mol. The number of hydrogen-bond donors (Lipinski definition) is 2. The highest BCUT2D eigenvalue weighted by Crippen LogP contribution is 2.28. The number of ether oxygens (including phenoxy) is 1. The van der Waals surface area contributed by atoms with E-state index in [-0.39, 0.29) is 5.75 Å². The molecule has 3 aromatic rings. The maximum atomic E-state index is 12.4. The molecule has 0 spiro atoms. The molecule has 1 aromatic heterocycles. The van der Waals surface area contributed by atoms with Gasteiger partial charge >= 0.3 is 6.36 Å². The van der Waals surface area contributed by atoms with Crippen LogP contribution in [0.3, 0.4) is 0 Å². The van der Waals surface area contributed by atoms with E-state index in [1.807, 2.05) is 43.3 Å². The summed E-state index contributed by atoms with van der Waals surface area (Å²) in [7, 11) is 3.96. The van der Waals surface area contributed by atoms with E-state index in [1.165, 1.54) is 12.1 Å². The summed E-state index contributed by atoms with van der Waals surface area (Å²) in [4.78, 5) is 11.4. The average Bonchev–Trinajstić information content (AvgIpc) is 2.79. The van der Waals surface area contributed by atoms with Gasteiger partial charge in [0.15, 0.2) is 0 Å². The summed E-state index contributed by atoms with van der Waals surface area (Å²) in [5.74, 6) is 1.90.